The first-order chi connectivity index (χ1) is 10.0. The number of hydrogen-bond donors (Lipinski definition) is 1. The predicted molar refractivity (Wildman–Crippen MR) is 86.9 cm³/mol. The molecule has 0 bridgehead atoms. The van der Waals surface area contributed by atoms with E-state index in [2.05, 4.69) is 15.9 Å². The van der Waals surface area contributed by atoms with E-state index in [1.54, 1.807) is 6.07 Å². The van der Waals surface area contributed by atoms with Crippen molar-refractivity contribution in [2.45, 2.75) is 32.4 Å². The Morgan fingerprint density at radius 3 is 2.62 bits per heavy atom. The maximum Gasteiger partial charge on any atom is 0.139 e. The molecule has 21 heavy (non-hydrogen) atoms. The monoisotopic (exact) mass is 351 g/mol. The number of ether oxygens (including phenoxy) is 1. The van der Waals surface area contributed by atoms with Crippen LogP contribution >= 0.6 is 15.9 Å². The summed E-state index contributed by atoms with van der Waals surface area (Å²) in [5.41, 5.74) is 8.05. The van der Waals surface area contributed by atoms with Gasteiger partial charge in [0, 0.05) is 6.04 Å². The molecule has 0 spiro atoms. The fourth-order valence-electron chi connectivity index (χ4n) is 2.14. The first-order valence-electron chi connectivity index (χ1n) is 6.95. The maximum atomic E-state index is 13.5. The molecule has 0 aliphatic heterocycles. The van der Waals surface area contributed by atoms with Crippen LogP contribution in [0.1, 0.15) is 30.6 Å². The summed E-state index contributed by atoms with van der Waals surface area (Å²) in [7, 11) is 0. The fraction of sp³-hybridized carbons (Fsp3) is 0.294. The van der Waals surface area contributed by atoms with Gasteiger partial charge in [0.25, 0.3) is 0 Å². The van der Waals surface area contributed by atoms with Crippen molar-refractivity contribution >= 4 is 15.9 Å². The SMILES string of the molecule is CCC(N)C(Oc1ccc(C)cc1Br)c1cccc(F)c1. The van der Waals surface area contributed by atoms with Gasteiger partial charge in [0.15, 0.2) is 0 Å². The second kappa shape index (κ2) is 7.05. The molecule has 2 atom stereocenters. The molecule has 0 saturated heterocycles. The van der Waals surface area contributed by atoms with E-state index < -0.39 is 0 Å². The Balaban J connectivity index is 2.33. The molecule has 0 aromatic heterocycles. The lowest BCUT2D eigenvalue weighted by molar-refractivity contribution is 0.169. The average molecular weight is 352 g/mol. The summed E-state index contributed by atoms with van der Waals surface area (Å²) in [6.07, 6.45) is 0.356. The third kappa shape index (κ3) is 4.05. The van der Waals surface area contributed by atoms with Crippen LogP contribution < -0.4 is 10.5 Å². The molecule has 0 heterocycles. The highest BCUT2D eigenvalue weighted by Crippen LogP contribution is 2.32. The van der Waals surface area contributed by atoms with Crippen LogP contribution in [0.5, 0.6) is 5.75 Å². The van der Waals surface area contributed by atoms with Gasteiger partial charge in [-0.3, -0.25) is 0 Å². The summed E-state index contributed by atoms with van der Waals surface area (Å²) < 4.78 is 20.4. The van der Waals surface area contributed by atoms with Gasteiger partial charge in [-0.1, -0.05) is 25.1 Å². The van der Waals surface area contributed by atoms with Gasteiger partial charge < -0.3 is 10.5 Å². The van der Waals surface area contributed by atoms with Crippen LogP contribution in [-0.2, 0) is 0 Å². The third-order valence-electron chi connectivity index (χ3n) is 3.38. The fourth-order valence-corrected chi connectivity index (χ4v) is 2.73. The minimum atomic E-state index is -0.385. The normalized spacial score (nSPS) is 13.8. The number of rotatable bonds is 5. The molecule has 0 fully saturated rings. The first-order valence-corrected chi connectivity index (χ1v) is 7.74. The molecule has 2 rings (SSSR count). The Morgan fingerprint density at radius 1 is 1.24 bits per heavy atom. The minimum Gasteiger partial charge on any atom is -0.483 e. The van der Waals surface area contributed by atoms with Crippen molar-refractivity contribution in [1.29, 1.82) is 0 Å². The molecular weight excluding hydrogens is 333 g/mol. The average Bonchev–Trinajstić information content (AvgIpc) is 2.45. The molecule has 2 aromatic rings. The predicted octanol–water partition coefficient (Wildman–Crippen LogP) is 4.75. The summed E-state index contributed by atoms with van der Waals surface area (Å²) >= 11 is 3.49. The Hall–Kier alpha value is -1.39. The van der Waals surface area contributed by atoms with Crippen molar-refractivity contribution < 1.29 is 9.13 Å². The summed E-state index contributed by atoms with van der Waals surface area (Å²) in [6, 6.07) is 12.0. The molecular formula is C17H19BrFNO. The van der Waals surface area contributed by atoms with Crippen molar-refractivity contribution in [2.24, 2.45) is 5.73 Å². The van der Waals surface area contributed by atoms with Crippen molar-refractivity contribution in [2.75, 3.05) is 0 Å². The Morgan fingerprint density at radius 2 is 2.00 bits per heavy atom. The zero-order valence-corrected chi connectivity index (χ0v) is 13.7. The van der Waals surface area contributed by atoms with Gasteiger partial charge in [0.2, 0.25) is 0 Å². The summed E-state index contributed by atoms with van der Waals surface area (Å²) in [5, 5.41) is 0. The Bertz CT molecular complexity index is 617. The molecule has 2 N–H and O–H groups in total. The highest BCUT2D eigenvalue weighted by molar-refractivity contribution is 9.10. The lowest BCUT2D eigenvalue weighted by atomic mass is 10.0. The lowest BCUT2D eigenvalue weighted by Crippen LogP contribution is -2.31. The maximum absolute atomic E-state index is 13.5. The van der Waals surface area contributed by atoms with Gasteiger partial charge in [-0.15, -0.1) is 0 Å². The van der Waals surface area contributed by atoms with E-state index in [4.69, 9.17) is 10.5 Å². The number of aryl methyl sites for hydroxylation is 1. The van der Waals surface area contributed by atoms with E-state index in [1.807, 2.05) is 38.1 Å². The molecule has 2 aromatic carbocycles. The Labute approximate surface area is 133 Å². The van der Waals surface area contributed by atoms with Crippen LogP contribution in [0.25, 0.3) is 0 Å². The molecule has 0 aliphatic rings. The quantitative estimate of drug-likeness (QED) is 0.843. The molecule has 2 unspecified atom stereocenters. The van der Waals surface area contributed by atoms with Gasteiger partial charge in [0.1, 0.15) is 17.7 Å². The van der Waals surface area contributed by atoms with Gasteiger partial charge >= 0.3 is 0 Å². The summed E-state index contributed by atoms with van der Waals surface area (Å²) in [4.78, 5) is 0. The zero-order chi connectivity index (χ0) is 15.4. The summed E-state index contributed by atoms with van der Waals surface area (Å²) in [5.74, 6) is 0.422. The van der Waals surface area contributed by atoms with Crippen molar-refractivity contribution in [1.82, 2.24) is 0 Å². The van der Waals surface area contributed by atoms with Crippen molar-refractivity contribution in [3.8, 4) is 5.75 Å². The highest BCUT2D eigenvalue weighted by atomic mass is 79.9. The third-order valence-corrected chi connectivity index (χ3v) is 4.00. The standard InChI is InChI=1S/C17H19BrFNO/c1-3-15(20)17(12-5-4-6-13(19)10-12)21-16-8-7-11(2)9-14(16)18/h4-10,15,17H,3,20H2,1-2H3. The highest BCUT2D eigenvalue weighted by Gasteiger charge is 2.22. The molecule has 4 heteroatoms. The van der Waals surface area contributed by atoms with E-state index in [0.29, 0.717) is 5.75 Å². The van der Waals surface area contributed by atoms with E-state index in [0.717, 1.165) is 22.0 Å². The van der Waals surface area contributed by atoms with E-state index in [-0.39, 0.29) is 18.0 Å². The van der Waals surface area contributed by atoms with Crippen LogP contribution in [0.15, 0.2) is 46.9 Å². The van der Waals surface area contributed by atoms with Crippen molar-refractivity contribution in [3.05, 3.63) is 63.9 Å². The van der Waals surface area contributed by atoms with Crippen LogP contribution in [0.2, 0.25) is 0 Å². The van der Waals surface area contributed by atoms with E-state index in [1.165, 1.54) is 12.1 Å². The van der Waals surface area contributed by atoms with E-state index >= 15 is 0 Å². The van der Waals surface area contributed by atoms with Crippen LogP contribution in [0.4, 0.5) is 4.39 Å². The Kier molecular flexibility index (Phi) is 5.37. The number of nitrogens with two attached hydrogens (primary N) is 1. The molecule has 2 nitrogen and oxygen atoms in total. The summed E-state index contributed by atoms with van der Waals surface area (Å²) in [6.45, 7) is 4.00. The van der Waals surface area contributed by atoms with Gasteiger partial charge in [-0.05, 0) is 64.7 Å². The van der Waals surface area contributed by atoms with Crippen LogP contribution in [0, 0.1) is 12.7 Å². The topological polar surface area (TPSA) is 35.2 Å². The van der Waals surface area contributed by atoms with Gasteiger partial charge in [0.05, 0.1) is 4.47 Å². The molecule has 112 valence electrons. The smallest absolute Gasteiger partial charge is 0.139 e. The second-order valence-corrected chi connectivity index (χ2v) is 5.95. The van der Waals surface area contributed by atoms with Crippen LogP contribution in [-0.4, -0.2) is 6.04 Å². The van der Waals surface area contributed by atoms with E-state index in [9.17, 15) is 4.39 Å². The largest absolute Gasteiger partial charge is 0.483 e. The zero-order valence-electron chi connectivity index (χ0n) is 12.1. The van der Waals surface area contributed by atoms with Crippen LogP contribution in [0.3, 0.4) is 0 Å². The number of halogens is 2. The lowest BCUT2D eigenvalue weighted by Gasteiger charge is -2.25. The van der Waals surface area contributed by atoms with Crippen molar-refractivity contribution in [3.63, 3.8) is 0 Å². The molecule has 0 radical (unpaired) electrons. The van der Waals surface area contributed by atoms with Gasteiger partial charge in [-0.2, -0.15) is 0 Å². The second-order valence-electron chi connectivity index (χ2n) is 5.10. The molecule has 0 amide bonds. The number of hydrogen-bond acceptors (Lipinski definition) is 2. The molecule has 0 saturated carbocycles. The minimum absolute atomic E-state index is 0.208. The first kappa shape index (κ1) is 16.0. The molecule has 0 aliphatic carbocycles. The number of benzene rings is 2. The van der Waals surface area contributed by atoms with Gasteiger partial charge in [-0.25, -0.2) is 4.39 Å².